The summed E-state index contributed by atoms with van der Waals surface area (Å²) < 4.78 is 72.9. The quantitative estimate of drug-likeness (QED) is 0.635. The van der Waals surface area contributed by atoms with Gasteiger partial charge in [0.15, 0.2) is 17.5 Å². The van der Waals surface area contributed by atoms with Crippen LogP contribution in [0.3, 0.4) is 0 Å². The van der Waals surface area contributed by atoms with Gasteiger partial charge in [0, 0.05) is 6.54 Å². The van der Waals surface area contributed by atoms with E-state index >= 15 is 0 Å². The van der Waals surface area contributed by atoms with Gasteiger partial charge in [0.2, 0.25) is 0 Å². The Kier molecular flexibility index (Phi) is 3.79. The Bertz CT molecular complexity index is 350. The summed E-state index contributed by atoms with van der Waals surface area (Å²) in [6.45, 7) is -1.68. The molecule has 0 aromatic heterocycles. The van der Waals surface area contributed by atoms with Crippen LogP contribution in [0.1, 0.15) is 5.56 Å². The van der Waals surface area contributed by atoms with Crippen molar-refractivity contribution >= 4 is 0 Å². The van der Waals surface area contributed by atoms with Crippen molar-refractivity contribution in [2.24, 2.45) is 0 Å². The van der Waals surface area contributed by atoms with Crippen LogP contribution in [0.25, 0.3) is 0 Å². The Hall–Kier alpha value is -1.24. The van der Waals surface area contributed by atoms with Crippen LogP contribution in [-0.2, 0) is 6.54 Å². The molecule has 0 saturated heterocycles. The standard InChI is InChI=1S/C9H7F6N/c10-6-1-5(2-7(11)8(6)12)3-16-4-9(13,14)15/h1-2,16H,3-4H2. The van der Waals surface area contributed by atoms with E-state index in [1.165, 1.54) is 0 Å². The van der Waals surface area contributed by atoms with E-state index in [9.17, 15) is 26.3 Å². The third-order valence-electron chi connectivity index (χ3n) is 1.70. The number of nitrogens with one attached hydrogen (secondary N) is 1. The minimum absolute atomic E-state index is 0.0966. The first kappa shape index (κ1) is 12.8. The second-order valence-corrected chi connectivity index (χ2v) is 3.09. The van der Waals surface area contributed by atoms with Crippen molar-refractivity contribution in [3.05, 3.63) is 35.1 Å². The van der Waals surface area contributed by atoms with Crippen molar-refractivity contribution in [1.29, 1.82) is 0 Å². The van der Waals surface area contributed by atoms with Gasteiger partial charge in [0.1, 0.15) is 0 Å². The zero-order chi connectivity index (χ0) is 12.3. The maximum Gasteiger partial charge on any atom is 0.401 e. The molecule has 1 rings (SSSR count). The third kappa shape index (κ3) is 3.73. The van der Waals surface area contributed by atoms with E-state index in [-0.39, 0.29) is 5.56 Å². The number of halogens is 6. The molecule has 16 heavy (non-hydrogen) atoms. The fourth-order valence-corrected chi connectivity index (χ4v) is 1.06. The predicted octanol–water partition coefficient (Wildman–Crippen LogP) is 2.76. The molecular formula is C9H7F6N. The lowest BCUT2D eigenvalue weighted by Gasteiger charge is -2.08. The first-order valence-corrected chi connectivity index (χ1v) is 4.20. The largest absolute Gasteiger partial charge is 0.401 e. The lowest BCUT2D eigenvalue weighted by molar-refractivity contribution is -0.125. The summed E-state index contributed by atoms with van der Waals surface area (Å²) in [6, 6.07) is 1.28. The van der Waals surface area contributed by atoms with Gasteiger partial charge in [-0.1, -0.05) is 0 Å². The molecule has 0 spiro atoms. The van der Waals surface area contributed by atoms with Crippen LogP contribution in [0.2, 0.25) is 0 Å². The summed E-state index contributed by atoms with van der Waals surface area (Å²) in [5.41, 5.74) is -0.0966. The molecular weight excluding hydrogens is 236 g/mol. The highest BCUT2D eigenvalue weighted by Crippen LogP contribution is 2.15. The molecule has 0 aliphatic rings. The molecule has 1 N–H and O–H groups in total. The molecule has 0 atom stereocenters. The van der Waals surface area contributed by atoms with Crippen LogP contribution in [0.15, 0.2) is 12.1 Å². The Balaban J connectivity index is 2.62. The molecule has 0 fully saturated rings. The van der Waals surface area contributed by atoms with Gasteiger partial charge in [-0.3, -0.25) is 0 Å². The molecule has 0 amide bonds. The number of hydrogen-bond donors (Lipinski definition) is 1. The molecule has 0 saturated carbocycles. The van der Waals surface area contributed by atoms with Gasteiger partial charge in [-0.05, 0) is 17.7 Å². The average molecular weight is 243 g/mol. The smallest absolute Gasteiger partial charge is 0.305 e. The molecule has 90 valence electrons. The lowest BCUT2D eigenvalue weighted by atomic mass is 10.2. The van der Waals surface area contributed by atoms with Crippen LogP contribution >= 0.6 is 0 Å². The van der Waals surface area contributed by atoms with Gasteiger partial charge < -0.3 is 5.32 Å². The minimum Gasteiger partial charge on any atom is -0.305 e. The molecule has 0 aliphatic heterocycles. The monoisotopic (exact) mass is 243 g/mol. The highest BCUT2D eigenvalue weighted by Gasteiger charge is 2.26. The SMILES string of the molecule is Fc1cc(CNCC(F)(F)F)cc(F)c1F. The fraction of sp³-hybridized carbons (Fsp3) is 0.333. The summed E-state index contributed by atoms with van der Waals surface area (Å²) >= 11 is 0. The minimum atomic E-state index is -4.41. The maximum absolute atomic E-state index is 12.6. The van der Waals surface area contributed by atoms with Gasteiger partial charge in [-0.25, -0.2) is 13.2 Å². The topological polar surface area (TPSA) is 12.0 Å². The van der Waals surface area contributed by atoms with Crippen LogP contribution < -0.4 is 5.32 Å². The van der Waals surface area contributed by atoms with Crippen molar-refractivity contribution in [3.8, 4) is 0 Å². The van der Waals surface area contributed by atoms with E-state index in [0.717, 1.165) is 0 Å². The van der Waals surface area contributed by atoms with Crippen LogP contribution in [0, 0.1) is 17.5 Å². The molecule has 1 aromatic carbocycles. The molecule has 1 nitrogen and oxygen atoms in total. The average Bonchev–Trinajstić information content (AvgIpc) is 2.12. The van der Waals surface area contributed by atoms with E-state index in [1.807, 2.05) is 5.32 Å². The second-order valence-electron chi connectivity index (χ2n) is 3.09. The zero-order valence-electron chi connectivity index (χ0n) is 7.84. The molecule has 0 unspecified atom stereocenters. The second kappa shape index (κ2) is 4.73. The Morgan fingerprint density at radius 2 is 1.50 bits per heavy atom. The molecule has 0 bridgehead atoms. The molecule has 0 aliphatic carbocycles. The van der Waals surface area contributed by atoms with Gasteiger partial charge >= 0.3 is 6.18 Å². The highest BCUT2D eigenvalue weighted by atomic mass is 19.4. The third-order valence-corrected chi connectivity index (χ3v) is 1.70. The summed E-state index contributed by atoms with van der Waals surface area (Å²) in [5, 5.41) is 1.93. The fourth-order valence-electron chi connectivity index (χ4n) is 1.06. The molecule has 7 heteroatoms. The lowest BCUT2D eigenvalue weighted by Crippen LogP contribution is -2.28. The van der Waals surface area contributed by atoms with Crippen LogP contribution in [0.4, 0.5) is 26.3 Å². The molecule has 0 radical (unpaired) electrons. The van der Waals surface area contributed by atoms with Gasteiger partial charge in [0.05, 0.1) is 6.54 Å². The summed E-state index contributed by atoms with van der Waals surface area (Å²) in [6.07, 6.45) is -4.41. The van der Waals surface area contributed by atoms with Gasteiger partial charge in [-0.2, -0.15) is 13.2 Å². The maximum atomic E-state index is 12.6. The summed E-state index contributed by atoms with van der Waals surface area (Å²) in [5.74, 6) is -4.49. The van der Waals surface area contributed by atoms with E-state index < -0.39 is 36.7 Å². The Morgan fingerprint density at radius 1 is 1.00 bits per heavy atom. The first-order valence-electron chi connectivity index (χ1n) is 4.20. The Morgan fingerprint density at radius 3 is 1.94 bits per heavy atom. The van der Waals surface area contributed by atoms with Crippen LogP contribution in [0.5, 0.6) is 0 Å². The Labute approximate surface area is 87.1 Å². The number of alkyl halides is 3. The number of rotatable bonds is 3. The van der Waals surface area contributed by atoms with Crippen molar-refractivity contribution in [3.63, 3.8) is 0 Å². The van der Waals surface area contributed by atoms with Crippen molar-refractivity contribution in [2.45, 2.75) is 12.7 Å². The van der Waals surface area contributed by atoms with E-state index in [1.54, 1.807) is 0 Å². The van der Waals surface area contributed by atoms with Crippen molar-refractivity contribution < 1.29 is 26.3 Å². The number of hydrogen-bond acceptors (Lipinski definition) is 1. The van der Waals surface area contributed by atoms with Crippen LogP contribution in [-0.4, -0.2) is 12.7 Å². The first-order chi connectivity index (χ1) is 7.29. The zero-order valence-corrected chi connectivity index (χ0v) is 7.84. The highest BCUT2D eigenvalue weighted by molar-refractivity contribution is 5.19. The van der Waals surface area contributed by atoms with Crippen molar-refractivity contribution in [1.82, 2.24) is 5.32 Å². The molecule has 0 heterocycles. The van der Waals surface area contributed by atoms with E-state index in [0.29, 0.717) is 12.1 Å². The number of benzene rings is 1. The van der Waals surface area contributed by atoms with Gasteiger partial charge in [0.25, 0.3) is 0 Å². The predicted molar refractivity (Wildman–Crippen MR) is 44.1 cm³/mol. The van der Waals surface area contributed by atoms with Gasteiger partial charge in [-0.15, -0.1) is 0 Å². The summed E-state index contributed by atoms with van der Waals surface area (Å²) in [4.78, 5) is 0. The normalized spacial score (nSPS) is 11.9. The van der Waals surface area contributed by atoms with Crippen molar-refractivity contribution in [2.75, 3.05) is 6.54 Å². The molecule has 1 aromatic rings. The summed E-state index contributed by atoms with van der Waals surface area (Å²) in [7, 11) is 0. The van der Waals surface area contributed by atoms with E-state index in [4.69, 9.17) is 0 Å². The van der Waals surface area contributed by atoms with E-state index in [2.05, 4.69) is 0 Å².